The Hall–Kier alpha value is -5.36. The molecule has 0 saturated carbocycles. The lowest BCUT2D eigenvalue weighted by molar-refractivity contribution is -0.384. The quantitative estimate of drug-likeness (QED) is 0.0262. The molecule has 0 aromatic heterocycles. The Bertz CT molecular complexity index is 1840. The monoisotopic (exact) mass is 720 g/mol. The van der Waals surface area contributed by atoms with Crippen LogP contribution < -0.4 is 29.0 Å². The van der Waals surface area contributed by atoms with Gasteiger partial charge in [0.05, 0.1) is 53.0 Å². The van der Waals surface area contributed by atoms with Crippen LogP contribution in [0.1, 0.15) is 41.9 Å². The predicted molar refractivity (Wildman–Crippen MR) is 194 cm³/mol. The molecule has 4 aromatic carbocycles. The topological polar surface area (TPSA) is 154 Å². The van der Waals surface area contributed by atoms with E-state index in [0.29, 0.717) is 39.8 Å². The summed E-state index contributed by atoms with van der Waals surface area (Å²) in [5, 5.41) is 14.4. The Morgan fingerprint density at radius 2 is 1.33 bits per heavy atom. The molecule has 4 rings (SSSR count). The Balaban J connectivity index is 1.49. The Labute approximate surface area is 296 Å². The number of nitrogens with one attached hydrogen (secondary N) is 1. The first-order valence-corrected chi connectivity index (χ1v) is 17.5. The van der Waals surface area contributed by atoms with Gasteiger partial charge in [-0.25, -0.2) is 0 Å². The minimum atomic E-state index is -3.76. The van der Waals surface area contributed by atoms with Gasteiger partial charge in [-0.3, -0.25) is 19.5 Å². The van der Waals surface area contributed by atoms with Gasteiger partial charge in [-0.2, -0.15) is 0 Å². The number of hydrogen-bond donors (Lipinski definition) is 1. The number of benzene rings is 4. The van der Waals surface area contributed by atoms with Gasteiger partial charge in [-0.1, -0.05) is 30.4 Å². The molecule has 13 nitrogen and oxygen atoms in total. The molecule has 0 spiro atoms. The van der Waals surface area contributed by atoms with Crippen LogP contribution in [0.15, 0.2) is 78.9 Å². The number of nitrogens with zero attached hydrogens (tertiary/aromatic N) is 1. The number of hydrogen-bond acceptors (Lipinski definition) is 12. The van der Waals surface area contributed by atoms with Crippen LogP contribution in [-0.4, -0.2) is 52.5 Å². The van der Waals surface area contributed by atoms with Gasteiger partial charge in [0.25, 0.3) is 5.69 Å². The van der Waals surface area contributed by atoms with Gasteiger partial charge in [0.15, 0.2) is 28.8 Å². The summed E-state index contributed by atoms with van der Waals surface area (Å²) in [4.78, 5) is 23.8. The maximum absolute atomic E-state index is 13.9. The second-order valence-electron chi connectivity index (χ2n) is 10.8. The van der Waals surface area contributed by atoms with E-state index >= 15 is 0 Å². The first-order valence-electron chi connectivity index (χ1n) is 15.9. The Kier molecular flexibility index (Phi) is 13.6. The van der Waals surface area contributed by atoms with E-state index < -0.39 is 24.3 Å². The molecule has 0 aliphatic heterocycles. The Morgan fingerprint density at radius 1 is 0.765 bits per heavy atom. The van der Waals surface area contributed by atoms with E-state index in [0.717, 1.165) is 11.1 Å². The lowest BCUT2D eigenvalue weighted by Gasteiger charge is -2.28. The molecule has 1 N–H and O–H groups in total. The molecule has 0 bridgehead atoms. The van der Waals surface area contributed by atoms with Gasteiger partial charge in [-0.05, 0) is 84.6 Å². The number of ether oxygens (including phenoxy) is 5. The van der Waals surface area contributed by atoms with Crippen molar-refractivity contribution in [2.24, 2.45) is 0 Å². The molecule has 1 unspecified atom stereocenters. The van der Waals surface area contributed by atoms with Crippen molar-refractivity contribution in [2.45, 2.75) is 26.1 Å². The van der Waals surface area contributed by atoms with Gasteiger partial charge in [0.2, 0.25) is 5.75 Å². The molecule has 51 heavy (non-hydrogen) atoms. The van der Waals surface area contributed by atoms with Crippen molar-refractivity contribution in [1.82, 2.24) is 0 Å². The third-order valence-corrected chi connectivity index (χ3v) is 9.82. The number of methoxy groups -OCH3 is 4. The molecule has 1 atom stereocenters. The number of rotatable bonds is 18. The predicted octanol–water partition coefficient (Wildman–Crippen LogP) is 8.32. The van der Waals surface area contributed by atoms with Crippen molar-refractivity contribution in [3.63, 3.8) is 0 Å². The van der Waals surface area contributed by atoms with E-state index in [9.17, 15) is 19.5 Å². The van der Waals surface area contributed by atoms with Gasteiger partial charge in [-0.15, -0.1) is 0 Å². The fourth-order valence-electron chi connectivity index (χ4n) is 5.14. The molecule has 0 aliphatic rings. The lowest BCUT2D eigenvalue weighted by atomic mass is 10.1. The fraction of sp³-hybridized carbons (Fsp3) is 0.270. The first-order chi connectivity index (χ1) is 24.6. The van der Waals surface area contributed by atoms with Crippen molar-refractivity contribution >= 4 is 37.1 Å². The van der Waals surface area contributed by atoms with Crippen LogP contribution in [-0.2, 0) is 24.8 Å². The van der Waals surface area contributed by atoms with E-state index in [1.165, 1.54) is 38.5 Å². The van der Waals surface area contributed by atoms with Gasteiger partial charge >= 0.3 is 13.6 Å². The standard InChI is InChI=1S/C37H41N2O11P/c1-7-48-51(43,49-8-2)37(28-14-18-30(19-15-28)39(41)42)38-29-16-11-26(12-17-29)24-35(40)50-32-21-25(13-20-31(32)44-3)9-10-27-22-33(45-4)36(47-6)34(23-27)46-5/h9-23,37-38H,7-8,24H2,1-6H3/b10-9-. The second kappa shape index (κ2) is 18.0. The maximum atomic E-state index is 13.9. The van der Waals surface area contributed by atoms with E-state index in [-0.39, 0.29) is 31.1 Å². The first kappa shape index (κ1) is 38.4. The number of non-ortho nitro benzene ring substituents is 1. The average molecular weight is 721 g/mol. The number of carbonyl (C=O) groups is 1. The highest BCUT2D eigenvalue weighted by Crippen LogP contribution is 2.60. The van der Waals surface area contributed by atoms with Crippen molar-refractivity contribution < 1.29 is 47.0 Å². The largest absolute Gasteiger partial charge is 0.493 e. The van der Waals surface area contributed by atoms with Gasteiger partial charge in [0, 0.05) is 17.8 Å². The van der Waals surface area contributed by atoms with Gasteiger partial charge < -0.3 is 38.0 Å². The smallest absolute Gasteiger partial charge is 0.357 e. The highest BCUT2D eigenvalue weighted by atomic mass is 31.2. The normalized spacial score (nSPS) is 11.9. The molecule has 0 amide bonds. The minimum absolute atomic E-state index is 0.0445. The fourth-order valence-corrected chi connectivity index (χ4v) is 7.08. The van der Waals surface area contributed by atoms with Crippen molar-refractivity contribution in [1.29, 1.82) is 0 Å². The van der Waals surface area contributed by atoms with Crippen LogP contribution in [0, 0.1) is 10.1 Å². The summed E-state index contributed by atoms with van der Waals surface area (Å²) in [6.45, 7) is 3.65. The highest BCUT2D eigenvalue weighted by molar-refractivity contribution is 7.54. The number of anilines is 1. The van der Waals surface area contributed by atoms with E-state index in [1.807, 2.05) is 30.4 Å². The molecule has 4 aromatic rings. The molecule has 0 saturated heterocycles. The maximum Gasteiger partial charge on any atom is 0.357 e. The summed E-state index contributed by atoms with van der Waals surface area (Å²) in [5.41, 5.74) is 3.15. The van der Waals surface area contributed by atoms with Crippen LogP contribution in [0.2, 0.25) is 0 Å². The number of nitro benzene ring substituents is 1. The molecule has 0 aliphatic carbocycles. The van der Waals surface area contributed by atoms with E-state index in [4.69, 9.17) is 32.7 Å². The number of carbonyl (C=O) groups excluding carboxylic acids is 1. The SMILES string of the molecule is CCOP(=O)(OCC)C(Nc1ccc(CC(=O)Oc2cc(/C=C\c3cc(OC)c(OC)c(OC)c3)ccc2OC)cc1)c1ccc([N+](=O)[O-])cc1. The van der Waals surface area contributed by atoms with Gasteiger partial charge in [0.1, 0.15) is 0 Å². The third-order valence-electron chi connectivity index (χ3n) is 7.53. The molecule has 270 valence electrons. The van der Waals surface area contributed by atoms with Crippen molar-refractivity contribution in [3.8, 4) is 28.7 Å². The summed E-state index contributed by atoms with van der Waals surface area (Å²) in [5.74, 6) is 0.689. The van der Waals surface area contributed by atoms with Crippen LogP contribution in [0.4, 0.5) is 11.4 Å². The zero-order chi connectivity index (χ0) is 37.0. The average Bonchev–Trinajstić information content (AvgIpc) is 3.13. The van der Waals surface area contributed by atoms with Crippen LogP contribution in [0.25, 0.3) is 12.2 Å². The summed E-state index contributed by atoms with van der Waals surface area (Å²) >= 11 is 0. The lowest BCUT2D eigenvalue weighted by Crippen LogP contribution is -2.15. The zero-order valence-corrected chi connectivity index (χ0v) is 30.1. The second-order valence-corrected chi connectivity index (χ2v) is 12.9. The van der Waals surface area contributed by atoms with Crippen molar-refractivity contribution in [3.05, 3.63) is 111 Å². The van der Waals surface area contributed by atoms with E-state index in [1.54, 1.807) is 64.5 Å². The van der Waals surface area contributed by atoms with Crippen LogP contribution in [0.3, 0.4) is 0 Å². The molecule has 0 fully saturated rings. The third kappa shape index (κ3) is 9.88. The molecular weight excluding hydrogens is 679 g/mol. The minimum Gasteiger partial charge on any atom is -0.493 e. The highest BCUT2D eigenvalue weighted by Gasteiger charge is 2.37. The molecule has 14 heteroatoms. The Morgan fingerprint density at radius 3 is 1.86 bits per heavy atom. The van der Waals surface area contributed by atoms with E-state index in [2.05, 4.69) is 5.32 Å². The number of esters is 1. The summed E-state index contributed by atoms with van der Waals surface area (Å²) in [7, 11) is 2.36. The summed E-state index contributed by atoms with van der Waals surface area (Å²) in [6, 6.07) is 21.5. The van der Waals surface area contributed by atoms with Crippen LogP contribution >= 0.6 is 7.60 Å². The molecule has 0 heterocycles. The number of nitro groups is 1. The van der Waals surface area contributed by atoms with Crippen LogP contribution in [0.5, 0.6) is 28.7 Å². The van der Waals surface area contributed by atoms with Crippen molar-refractivity contribution in [2.75, 3.05) is 47.0 Å². The molecular formula is C37H41N2O11P. The summed E-state index contributed by atoms with van der Waals surface area (Å²) < 4.78 is 52.5. The summed E-state index contributed by atoms with van der Waals surface area (Å²) in [6.07, 6.45) is 3.67. The molecule has 0 radical (unpaired) electrons. The zero-order valence-electron chi connectivity index (χ0n) is 29.2.